The molecule has 0 spiro atoms. The van der Waals surface area contributed by atoms with Gasteiger partial charge in [0.05, 0.1) is 0 Å². The van der Waals surface area contributed by atoms with Crippen LogP contribution < -0.4 is 10.6 Å². The molecule has 1 atom stereocenters. The van der Waals surface area contributed by atoms with Gasteiger partial charge in [-0.15, -0.1) is 0 Å². The summed E-state index contributed by atoms with van der Waals surface area (Å²) in [5.41, 5.74) is -0.278. The molecule has 4 heteroatoms. The molecule has 2 heterocycles. The lowest BCUT2D eigenvalue weighted by Gasteiger charge is -2.32. The Hall–Kier alpha value is -0.610. The summed E-state index contributed by atoms with van der Waals surface area (Å²) in [6.45, 7) is 7.74. The van der Waals surface area contributed by atoms with Gasteiger partial charge < -0.3 is 15.4 Å². The molecular formula is C16H30N2O2. The molecule has 0 aromatic rings. The third-order valence-corrected chi connectivity index (χ3v) is 4.68. The minimum absolute atomic E-state index is 0.205. The zero-order valence-corrected chi connectivity index (χ0v) is 13.0. The second-order valence-corrected chi connectivity index (χ2v) is 7.00. The summed E-state index contributed by atoms with van der Waals surface area (Å²) in [4.78, 5) is 12.4. The van der Waals surface area contributed by atoms with Crippen molar-refractivity contribution >= 4 is 5.91 Å². The second kappa shape index (κ2) is 7.41. The molecule has 0 bridgehead atoms. The second-order valence-electron chi connectivity index (χ2n) is 7.00. The molecule has 2 aliphatic rings. The van der Waals surface area contributed by atoms with Crippen LogP contribution in [-0.4, -0.2) is 38.3 Å². The molecule has 2 saturated heterocycles. The van der Waals surface area contributed by atoms with Gasteiger partial charge in [-0.2, -0.15) is 0 Å². The van der Waals surface area contributed by atoms with E-state index < -0.39 is 0 Å². The Morgan fingerprint density at radius 3 is 2.65 bits per heavy atom. The van der Waals surface area contributed by atoms with Crippen molar-refractivity contribution < 1.29 is 9.53 Å². The van der Waals surface area contributed by atoms with Crippen molar-refractivity contribution in [3.8, 4) is 0 Å². The summed E-state index contributed by atoms with van der Waals surface area (Å²) >= 11 is 0. The van der Waals surface area contributed by atoms with E-state index in [0.29, 0.717) is 12.0 Å². The van der Waals surface area contributed by atoms with E-state index in [1.54, 1.807) is 0 Å². The highest BCUT2D eigenvalue weighted by molar-refractivity contribution is 5.81. The predicted octanol–water partition coefficient (Wildman–Crippen LogP) is 2.09. The molecule has 0 aromatic carbocycles. The van der Waals surface area contributed by atoms with Crippen LogP contribution in [0.3, 0.4) is 0 Å². The summed E-state index contributed by atoms with van der Waals surface area (Å²) in [7, 11) is 0. The Kier molecular flexibility index (Phi) is 5.85. The number of rotatable bonds is 5. The van der Waals surface area contributed by atoms with Crippen LogP contribution in [0.1, 0.15) is 52.4 Å². The Labute approximate surface area is 123 Å². The summed E-state index contributed by atoms with van der Waals surface area (Å²) in [6.07, 6.45) is 6.85. The van der Waals surface area contributed by atoms with E-state index in [2.05, 4.69) is 24.5 Å². The highest BCUT2D eigenvalue weighted by Crippen LogP contribution is 2.26. The maximum absolute atomic E-state index is 12.4. The minimum Gasteiger partial charge on any atom is -0.381 e. The van der Waals surface area contributed by atoms with Crippen molar-refractivity contribution in [3.05, 3.63) is 0 Å². The number of amides is 1. The lowest BCUT2D eigenvalue weighted by molar-refractivity contribution is -0.130. The molecule has 0 aliphatic carbocycles. The summed E-state index contributed by atoms with van der Waals surface area (Å²) in [6, 6.07) is 0.507. The van der Waals surface area contributed by atoms with Gasteiger partial charge in [0.15, 0.2) is 0 Å². The molecule has 0 aromatic heterocycles. The van der Waals surface area contributed by atoms with Gasteiger partial charge in [-0.05, 0) is 44.6 Å². The van der Waals surface area contributed by atoms with Crippen molar-refractivity contribution in [3.63, 3.8) is 0 Å². The highest BCUT2D eigenvalue weighted by Gasteiger charge is 2.31. The Bertz CT molecular complexity index is 306. The highest BCUT2D eigenvalue weighted by atomic mass is 16.5. The first-order chi connectivity index (χ1) is 9.58. The van der Waals surface area contributed by atoms with E-state index in [-0.39, 0.29) is 11.3 Å². The number of nitrogens with one attached hydrogen (secondary N) is 2. The molecule has 2 rings (SSSR count). The Morgan fingerprint density at radius 1 is 1.25 bits per heavy atom. The number of piperidine rings is 1. The van der Waals surface area contributed by atoms with E-state index in [4.69, 9.17) is 4.74 Å². The molecule has 4 nitrogen and oxygen atoms in total. The van der Waals surface area contributed by atoms with E-state index in [9.17, 15) is 4.79 Å². The number of ether oxygens (including phenoxy) is 1. The fourth-order valence-corrected chi connectivity index (χ4v) is 3.23. The van der Waals surface area contributed by atoms with Gasteiger partial charge in [-0.25, -0.2) is 0 Å². The molecule has 0 radical (unpaired) electrons. The first-order valence-corrected chi connectivity index (χ1v) is 8.17. The third kappa shape index (κ3) is 4.74. The van der Waals surface area contributed by atoms with Crippen LogP contribution in [0.15, 0.2) is 0 Å². The lowest BCUT2D eigenvalue weighted by atomic mass is 9.82. The van der Waals surface area contributed by atoms with Crippen molar-refractivity contribution in [1.29, 1.82) is 0 Å². The summed E-state index contributed by atoms with van der Waals surface area (Å²) in [5.74, 6) is 0.799. The van der Waals surface area contributed by atoms with Crippen molar-refractivity contribution in [2.75, 3.05) is 26.3 Å². The van der Waals surface area contributed by atoms with Gasteiger partial charge in [0.25, 0.3) is 0 Å². The molecule has 20 heavy (non-hydrogen) atoms. The Morgan fingerprint density at radius 2 is 2.00 bits per heavy atom. The molecule has 0 saturated carbocycles. The fourth-order valence-electron chi connectivity index (χ4n) is 3.23. The van der Waals surface area contributed by atoms with Gasteiger partial charge in [0, 0.05) is 31.2 Å². The normalized spacial score (nSPS) is 25.4. The summed E-state index contributed by atoms with van der Waals surface area (Å²) in [5, 5.41) is 6.70. The number of hydrogen-bond donors (Lipinski definition) is 2. The molecule has 2 fully saturated rings. The largest absolute Gasteiger partial charge is 0.381 e. The van der Waals surface area contributed by atoms with E-state index in [0.717, 1.165) is 45.6 Å². The number of carbonyl (C=O) groups is 1. The first-order valence-electron chi connectivity index (χ1n) is 8.17. The van der Waals surface area contributed by atoms with Gasteiger partial charge >= 0.3 is 0 Å². The SMILES string of the molecule is CC(C)(C[C@@H]1CCCCN1)C(=O)NCC1CCOCC1. The number of carbonyl (C=O) groups excluding carboxylic acids is 1. The van der Waals surface area contributed by atoms with Crippen LogP contribution >= 0.6 is 0 Å². The van der Waals surface area contributed by atoms with Crippen LogP contribution in [0.2, 0.25) is 0 Å². The van der Waals surface area contributed by atoms with Crippen LogP contribution in [-0.2, 0) is 9.53 Å². The van der Waals surface area contributed by atoms with E-state index in [1.807, 2.05) is 0 Å². The van der Waals surface area contributed by atoms with Gasteiger partial charge in [-0.3, -0.25) is 4.79 Å². The molecule has 2 aliphatic heterocycles. The zero-order chi connectivity index (χ0) is 14.4. The fraction of sp³-hybridized carbons (Fsp3) is 0.938. The van der Waals surface area contributed by atoms with Gasteiger partial charge in [-0.1, -0.05) is 20.3 Å². The van der Waals surface area contributed by atoms with Gasteiger partial charge in [0.2, 0.25) is 5.91 Å². The van der Waals surface area contributed by atoms with Crippen LogP contribution in [0.4, 0.5) is 0 Å². The molecular weight excluding hydrogens is 252 g/mol. The van der Waals surface area contributed by atoms with Crippen molar-refractivity contribution in [2.24, 2.45) is 11.3 Å². The monoisotopic (exact) mass is 282 g/mol. The van der Waals surface area contributed by atoms with Crippen LogP contribution in [0.5, 0.6) is 0 Å². The maximum atomic E-state index is 12.4. The standard InChI is InChI=1S/C16H30N2O2/c1-16(2,11-14-5-3-4-8-17-14)15(19)18-12-13-6-9-20-10-7-13/h13-14,17H,3-12H2,1-2H3,(H,18,19)/t14-/m0/s1. The molecule has 1 amide bonds. The average molecular weight is 282 g/mol. The predicted molar refractivity (Wildman–Crippen MR) is 80.6 cm³/mol. The first kappa shape index (κ1) is 15.8. The van der Waals surface area contributed by atoms with E-state index >= 15 is 0 Å². The Balaban J connectivity index is 1.73. The topological polar surface area (TPSA) is 50.4 Å². The third-order valence-electron chi connectivity index (χ3n) is 4.68. The van der Waals surface area contributed by atoms with Crippen molar-refractivity contribution in [1.82, 2.24) is 10.6 Å². The number of hydrogen-bond acceptors (Lipinski definition) is 3. The zero-order valence-electron chi connectivity index (χ0n) is 13.0. The van der Waals surface area contributed by atoms with Crippen molar-refractivity contribution in [2.45, 2.75) is 58.4 Å². The quantitative estimate of drug-likeness (QED) is 0.812. The minimum atomic E-state index is -0.278. The lowest BCUT2D eigenvalue weighted by Crippen LogP contribution is -2.45. The smallest absolute Gasteiger partial charge is 0.225 e. The van der Waals surface area contributed by atoms with Crippen LogP contribution in [0.25, 0.3) is 0 Å². The van der Waals surface area contributed by atoms with Gasteiger partial charge in [0.1, 0.15) is 0 Å². The molecule has 2 N–H and O–H groups in total. The molecule has 116 valence electrons. The maximum Gasteiger partial charge on any atom is 0.225 e. The summed E-state index contributed by atoms with van der Waals surface area (Å²) < 4.78 is 5.35. The average Bonchev–Trinajstić information content (AvgIpc) is 2.46. The van der Waals surface area contributed by atoms with E-state index in [1.165, 1.54) is 19.3 Å². The molecule has 0 unspecified atom stereocenters. The van der Waals surface area contributed by atoms with Crippen LogP contribution in [0, 0.1) is 11.3 Å².